The van der Waals surface area contributed by atoms with E-state index in [1.54, 1.807) is 0 Å². The van der Waals surface area contributed by atoms with E-state index in [2.05, 4.69) is 46.9 Å². The third-order valence-corrected chi connectivity index (χ3v) is 6.56. The average molecular weight is 338 g/mol. The van der Waals surface area contributed by atoms with Crippen LogP contribution in [0.15, 0.2) is 24.5 Å². The Morgan fingerprint density at radius 1 is 1.20 bits per heavy atom. The van der Waals surface area contributed by atoms with Crippen LogP contribution in [0, 0.1) is 11.8 Å². The third kappa shape index (κ3) is 4.31. The largest absolute Gasteiger partial charge is 0.265 e. The van der Waals surface area contributed by atoms with E-state index >= 15 is 0 Å². The molecule has 1 fully saturated rings. The molecule has 0 N–H and O–H groups in total. The standard InChI is InChI=1S/C18H28BrN/c1-3-4-5-15-6-8-17(9-7-15)18(19)14(2)16-10-12-20-13-11-16/h10-15,17-18H,3-9H2,1-2H3. The van der Waals surface area contributed by atoms with Gasteiger partial charge in [-0.2, -0.15) is 0 Å². The topological polar surface area (TPSA) is 12.9 Å². The molecule has 0 saturated heterocycles. The van der Waals surface area contributed by atoms with E-state index in [4.69, 9.17) is 0 Å². The van der Waals surface area contributed by atoms with Crippen LogP contribution in [0.2, 0.25) is 0 Å². The molecule has 0 bridgehead atoms. The van der Waals surface area contributed by atoms with Gasteiger partial charge in [-0.15, -0.1) is 0 Å². The summed E-state index contributed by atoms with van der Waals surface area (Å²) in [5.41, 5.74) is 1.41. The molecule has 0 radical (unpaired) electrons. The van der Waals surface area contributed by atoms with Crippen molar-refractivity contribution in [3.8, 4) is 0 Å². The van der Waals surface area contributed by atoms with Gasteiger partial charge in [-0.1, -0.05) is 61.9 Å². The molecule has 2 atom stereocenters. The highest BCUT2D eigenvalue weighted by Gasteiger charge is 2.29. The SMILES string of the molecule is CCCCC1CCC(C(Br)C(C)c2ccncc2)CC1. The number of halogens is 1. The molecule has 1 heterocycles. The zero-order valence-corrected chi connectivity index (χ0v) is 14.5. The summed E-state index contributed by atoms with van der Waals surface area (Å²) in [4.78, 5) is 4.73. The molecule has 1 nitrogen and oxygen atoms in total. The Kier molecular flexibility index (Phi) is 6.54. The first kappa shape index (κ1) is 16.0. The van der Waals surface area contributed by atoms with Crippen molar-refractivity contribution in [1.82, 2.24) is 4.98 Å². The smallest absolute Gasteiger partial charge is 0.0270 e. The minimum absolute atomic E-state index is 0.579. The van der Waals surface area contributed by atoms with Gasteiger partial charge < -0.3 is 0 Å². The fourth-order valence-electron chi connectivity index (χ4n) is 3.55. The molecule has 1 aliphatic carbocycles. The van der Waals surface area contributed by atoms with Crippen LogP contribution in [-0.4, -0.2) is 9.81 Å². The Balaban J connectivity index is 1.84. The molecule has 20 heavy (non-hydrogen) atoms. The average Bonchev–Trinajstić information content (AvgIpc) is 2.53. The molecule has 0 aromatic carbocycles. The summed E-state index contributed by atoms with van der Waals surface area (Å²) < 4.78 is 0. The van der Waals surface area contributed by atoms with Crippen molar-refractivity contribution in [2.45, 2.75) is 69.5 Å². The van der Waals surface area contributed by atoms with Gasteiger partial charge in [-0.3, -0.25) is 4.98 Å². The minimum atomic E-state index is 0.579. The van der Waals surface area contributed by atoms with E-state index in [1.807, 2.05) is 12.4 Å². The van der Waals surface area contributed by atoms with Crippen LogP contribution in [0.25, 0.3) is 0 Å². The summed E-state index contributed by atoms with van der Waals surface area (Å²) in [6.07, 6.45) is 13.7. The predicted molar refractivity (Wildman–Crippen MR) is 90.3 cm³/mol. The van der Waals surface area contributed by atoms with E-state index in [0.29, 0.717) is 10.7 Å². The quantitative estimate of drug-likeness (QED) is 0.585. The number of alkyl halides is 1. The van der Waals surface area contributed by atoms with Gasteiger partial charge in [0.25, 0.3) is 0 Å². The van der Waals surface area contributed by atoms with E-state index in [1.165, 1.54) is 50.5 Å². The van der Waals surface area contributed by atoms with Gasteiger partial charge in [0, 0.05) is 17.2 Å². The number of hydrogen-bond acceptors (Lipinski definition) is 1. The van der Waals surface area contributed by atoms with Gasteiger partial charge in [0.2, 0.25) is 0 Å². The maximum atomic E-state index is 4.12. The summed E-state index contributed by atoms with van der Waals surface area (Å²) in [5, 5.41) is 0. The Hall–Kier alpha value is -0.370. The van der Waals surface area contributed by atoms with Crippen LogP contribution >= 0.6 is 15.9 Å². The summed E-state index contributed by atoms with van der Waals surface area (Å²) in [6.45, 7) is 4.65. The number of hydrogen-bond donors (Lipinski definition) is 0. The van der Waals surface area contributed by atoms with Gasteiger partial charge >= 0.3 is 0 Å². The van der Waals surface area contributed by atoms with E-state index in [9.17, 15) is 0 Å². The fraction of sp³-hybridized carbons (Fsp3) is 0.722. The molecule has 112 valence electrons. The number of pyridine rings is 1. The minimum Gasteiger partial charge on any atom is -0.265 e. The number of nitrogens with zero attached hydrogens (tertiary/aromatic N) is 1. The van der Waals surface area contributed by atoms with Crippen LogP contribution in [0.4, 0.5) is 0 Å². The number of aromatic nitrogens is 1. The fourth-order valence-corrected chi connectivity index (χ4v) is 4.38. The molecular weight excluding hydrogens is 310 g/mol. The second-order valence-electron chi connectivity index (χ2n) is 6.44. The monoisotopic (exact) mass is 337 g/mol. The molecule has 1 aromatic heterocycles. The highest BCUT2D eigenvalue weighted by atomic mass is 79.9. The summed E-state index contributed by atoms with van der Waals surface area (Å²) in [6, 6.07) is 4.32. The molecule has 2 rings (SSSR count). The Bertz CT molecular complexity index is 370. The number of unbranched alkanes of at least 4 members (excludes halogenated alkanes) is 1. The normalized spacial score (nSPS) is 26.1. The van der Waals surface area contributed by atoms with Crippen molar-refractivity contribution in [2.75, 3.05) is 0 Å². The first-order chi connectivity index (χ1) is 9.72. The Morgan fingerprint density at radius 2 is 1.85 bits per heavy atom. The van der Waals surface area contributed by atoms with Crippen LogP contribution in [0.5, 0.6) is 0 Å². The molecule has 0 aliphatic heterocycles. The predicted octanol–water partition coefficient (Wildman–Crippen LogP) is 5.95. The van der Waals surface area contributed by atoms with Gasteiger partial charge in [0.1, 0.15) is 0 Å². The zero-order valence-electron chi connectivity index (χ0n) is 12.9. The van der Waals surface area contributed by atoms with Crippen molar-refractivity contribution >= 4 is 15.9 Å². The van der Waals surface area contributed by atoms with Crippen molar-refractivity contribution in [3.63, 3.8) is 0 Å². The zero-order chi connectivity index (χ0) is 14.4. The Morgan fingerprint density at radius 3 is 2.45 bits per heavy atom. The highest BCUT2D eigenvalue weighted by Crippen LogP contribution is 2.40. The summed E-state index contributed by atoms with van der Waals surface area (Å²) in [5.74, 6) is 2.42. The van der Waals surface area contributed by atoms with Crippen LogP contribution in [-0.2, 0) is 0 Å². The van der Waals surface area contributed by atoms with Crippen LogP contribution < -0.4 is 0 Å². The lowest BCUT2D eigenvalue weighted by Crippen LogP contribution is -2.25. The van der Waals surface area contributed by atoms with Gasteiger partial charge in [-0.25, -0.2) is 0 Å². The Labute approximate surface area is 132 Å². The van der Waals surface area contributed by atoms with Gasteiger partial charge in [0.05, 0.1) is 0 Å². The molecule has 1 aromatic rings. The highest BCUT2D eigenvalue weighted by molar-refractivity contribution is 9.09. The second kappa shape index (κ2) is 8.17. The molecule has 1 saturated carbocycles. The molecule has 1 aliphatic rings. The van der Waals surface area contributed by atoms with E-state index in [0.717, 1.165) is 11.8 Å². The molecule has 2 unspecified atom stereocenters. The maximum Gasteiger partial charge on any atom is 0.0270 e. The molecular formula is C18H28BrN. The lowest BCUT2D eigenvalue weighted by molar-refractivity contribution is 0.249. The third-order valence-electron chi connectivity index (χ3n) is 5.02. The van der Waals surface area contributed by atoms with Crippen molar-refractivity contribution in [3.05, 3.63) is 30.1 Å². The van der Waals surface area contributed by atoms with Gasteiger partial charge in [-0.05, 0) is 48.3 Å². The van der Waals surface area contributed by atoms with Crippen LogP contribution in [0.1, 0.15) is 70.3 Å². The van der Waals surface area contributed by atoms with Crippen molar-refractivity contribution < 1.29 is 0 Å². The first-order valence-corrected chi connectivity index (χ1v) is 9.18. The van der Waals surface area contributed by atoms with E-state index in [-0.39, 0.29) is 0 Å². The van der Waals surface area contributed by atoms with Crippen molar-refractivity contribution in [2.24, 2.45) is 11.8 Å². The molecule has 0 spiro atoms. The van der Waals surface area contributed by atoms with E-state index < -0.39 is 0 Å². The lowest BCUT2D eigenvalue weighted by Gasteiger charge is -2.34. The van der Waals surface area contributed by atoms with Crippen LogP contribution in [0.3, 0.4) is 0 Å². The second-order valence-corrected chi connectivity index (χ2v) is 7.49. The molecule has 0 amide bonds. The maximum absolute atomic E-state index is 4.12. The van der Waals surface area contributed by atoms with Crippen molar-refractivity contribution in [1.29, 1.82) is 0 Å². The molecule has 2 heteroatoms. The lowest BCUT2D eigenvalue weighted by atomic mass is 9.76. The summed E-state index contributed by atoms with van der Waals surface area (Å²) in [7, 11) is 0. The van der Waals surface area contributed by atoms with Gasteiger partial charge in [0.15, 0.2) is 0 Å². The number of rotatable bonds is 6. The summed E-state index contributed by atoms with van der Waals surface area (Å²) >= 11 is 3.99. The first-order valence-electron chi connectivity index (χ1n) is 8.26.